The number of nitrogens with zero attached hydrogens (tertiary/aromatic N) is 1. The minimum atomic E-state index is 0.205. The molecule has 1 aromatic carbocycles. The minimum absolute atomic E-state index is 0.205. The summed E-state index contributed by atoms with van der Waals surface area (Å²) in [5.41, 5.74) is 5.46. The molecular formula is C9H10Cl2N2O. The molecule has 2 N–H and O–H groups in total. The summed E-state index contributed by atoms with van der Waals surface area (Å²) in [7, 11) is 1.60. The highest BCUT2D eigenvalue weighted by Crippen LogP contribution is 2.27. The highest BCUT2D eigenvalue weighted by Gasteiger charge is 2.02. The first-order valence-electron chi connectivity index (χ1n) is 3.92. The van der Waals surface area contributed by atoms with E-state index in [9.17, 15) is 0 Å². The first-order valence-corrected chi connectivity index (χ1v) is 4.68. The van der Waals surface area contributed by atoms with Gasteiger partial charge >= 0.3 is 0 Å². The van der Waals surface area contributed by atoms with Crippen LogP contribution in [0.4, 0.5) is 0 Å². The Hall–Kier alpha value is -0.930. The number of hydrogen-bond donors (Lipinski definition) is 1. The Balaban J connectivity index is 2.71. The first kappa shape index (κ1) is 11.1. The molecule has 0 atom stereocenters. The van der Waals surface area contributed by atoms with Gasteiger partial charge in [-0.2, -0.15) is 0 Å². The second kappa shape index (κ2) is 5.08. The second-order valence-electron chi connectivity index (χ2n) is 2.58. The van der Waals surface area contributed by atoms with E-state index in [4.69, 9.17) is 33.7 Å². The lowest BCUT2D eigenvalue weighted by atomic mass is 10.3. The molecule has 0 radical (unpaired) electrons. The molecule has 0 saturated carbocycles. The van der Waals surface area contributed by atoms with E-state index in [1.165, 1.54) is 0 Å². The van der Waals surface area contributed by atoms with E-state index in [1.807, 2.05) is 0 Å². The second-order valence-corrected chi connectivity index (χ2v) is 3.42. The smallest absolute Gasteiger partial charge is 0.145 e. The van der Waals surface area contributed by atoms with Crippen molar-refractivity contribution in [2.24, 2.45) is 10.7 Å². The lowest BCUT2D eigenvalue weighted by molar-refractivity contribution is 0.375. The van der Waals surface area contributed by atoms with Gasteiger partial charge in [-0.1, -0.05) is 23.2 Å². The van der Waals surface area contributed by atoms with Crippen molar-refractivity contribution in [3.63, 3.8) is 0 Å². The van der Waals surface area contributed by atoms with Gasteiger partial charge in [-0.25, -0.2) is 0 Å². The van der Waals surface area contributed by atoms with Crippen molar-refractivity contribution in [1.29, 1.82) is 0 Å². The molecule has 0 aliphatic carbocycles. The molecule has 0 spiro atoms. The molecule has 14 heavy (non-hydrogen) atoms. The summed E-state index contributed by atoms with van der Waals surface area (Å²) in [6, 6.07) is 4.99. The van der Waals surface area contributed by atoms with E-state index >= 15 is 0 Å². The third-order valence-electron chi connectivity index (χ3n) is 1.56. The van der Waals surface area contributed by atoms with Gasteiger partial charge in [0.1, 0.15) is 18.2 Å². The zero-order chi connectivity index (χ0) is 10.6. The number of benzene rings is 1. The van der Waals surface area contributed by atoms with E-state index in [0.29, 0.717) is 21.6 Å². The number of aliphatic imine (C=N–C) groups is 1. The lowest BCUT2D eigenvalue weighted by Gasteiger charge is -2.07. The van der Waals surface area contributed by atoms with Crippen molar-refractivity contribution in [3.8, 4) is 5.75 Å². The molecule has 3 nitrogen and oxygen atoms in total. The van der Waals surface area contributed by atoms with Crippen LogP contribution in [0.5, 0.6) is 5.75 Å². The van der Waals surface area contributed by atoms with Gasteiger partial charge in [0.25, 0.3) is 0 Å². The van der Waals surface area contributed by atoms with E-state index in [1.54, 1.807) is 25.2 Å². The fourth-order valence-electron chi connectivity index (χ4n) is 0.804. The number of ether oxygens (including phenoxy) is 1. The van der Waals surface area contributed by atoms with Crippen molar-refractivity contribution < 1.29 is 4.74 Å². The van der Waals surface area contributed by atoms with Crippen LogP contribution in [0.15, 0.2) is 23.2 Å². The van der Waals surface area contributed by atoms with Crippen LogP contribution in [0, 0.1) is 0 Å². The van der Waals surface area contributed by atoms with Crippen LogP contribution in [0.1, 0.15) is 0 Å². The average Bonchev–Trinajstić information content (AvgIpc) is 2.19. The standard InChI is InChI=1S/C9H10Cl2N2O/c1-13-9(12)5-14-8-4-6(10)2-3-7(8)11/h2-4H,5H2,1H3,(H2,12,13). The Labute approximate surface area is 92.5 Å². The van der Waals surface area contributed by atoms with Crippen molar-refractivity contribution in [3.05, 3.63) is 28.2 Å². The SMILES string of the molecule is CN=C(N)COc1cc(Cl)ccc1Cl. The Morgan fingerprint density at radius 2 is 2.21 bits per heavy atom. The summed E-state index contributed by atoms with van der Waals surface area (Å²) >= 11 is 11.6. The molecule has 0 bridgehead atoms. The molecular weight excluding hydrogens is 223 g/mol. The highest BCUT2D eigenvalue weighted by molar-refractivity contribution is 6.34. The van der Waals surface area contributed by atoms with Crippen LogP contribution in [0.2, 0.25) is 10.0 Å². The summed E-state index contributed by atoms with van der Waals surface area (Å²) in [6.07, 6.45) is 0. The number of amidine groups is 1. The Kier molecular flexibility index (Phi) is 4.04. The Morgan fingerprint density at radius 1 is 1.50 bits per heavy atom. The summed E-state index contributed by atoms with van der Waals surface area (Å²) in [5.74, 6) is 0.909. The maximum atomic E-state index is 5.86. The van der Waals surface area contributed by atoms with Crippen LogP contribution in [-0.4, -0.2) is 19.5 Å². The summed E-state index contributed by atoms with van der Waals surface area (Å²) in [4.78, 5) is 3.75. The maximum Gasteiger partial charge on any atom is 0.145 e. The fraction of sp³-hybridized carbons (Fsp3) is 0.222. The summed E-state index contributed by atoms with van der Waals surface area (Å²) in [5, 5.41) is 1.06. The molecule has 0 aromatic heterocycles. The van der Waals surface area contributed by atoms with Crippen LogP contribution in [-0.2, 0) is 0 Å². The highest BCUT2D eigenvalue weighted by atomic mass is 35.5. The first-order chi connectivity index (χ1) is 6.63. The van der Waals surface area contributed by atoms with Crippen LogP contribution < -0.4 is 10.5 Å². The average molecular weight is 233 g/mol. The number of hydrogen-bond acceptors (Lipinski definition) is 2. The van der Waals surface area contributed by atoms with Gasteiger partial charge in [-0.05, 0) is 12.1 Å². The molecule has 1 rings (SSSR count). The van der Waals surface area contributed by atoms with Gasteiger partial charge in [-0.3, -0.25) is 4.99 Å². The predicted octanol–water partition coefficient (Wildman–Crippen LogP) is 2.36. The van der Waals surface area contributed by atoms with Gasteiger partial charge in [0.05, 0.1) is 5.02 Å². The van der Waals surface area contributed by atoms with Gasteiger partial charge in [0.15, 0.2) is 0 Å². The van der Waals surface area contributed by atoms with Crippen molar-refractivity contribution >= 4 is 29.0 Å². The fourth-order valence-corrected chi connectivity index (χ4v) is 1.14. The molecule has 0 aliphatic heterocycles. The third kappa shape index (κ3) is 3.09. The third-order valence-corrected chi connectivity index (χ3v) is 2.10. The molecule has 0 aliphatic rings. The van der Waals surface area contributed by atoms with E-state index in [0.717, 1.165) is 0 Å². The van der Waals surface area contributed by atoms with Crippen LogP contribution in [0.25, 0.3) is 0 Å². The molecule has 0 saturated heterocycles. The minimum Gasteiger partial charge on any atom is -0.484 e. The largest absolute Gasteiger partial charge is 0.484 e. The van der Waals surface area contributed by atoms with Crippen LogP contribution >= 0.6 is 23.2 Å². The number of nitrogens with two attached hydrogens (primary N) is 1. The lowest BCUT2D eigenvalue weighted by Crippen LogP contribution is -2.20. The van der Waals surface area contributed by atoms with Gasteiger partial charge < -0.3 is 10.5 Å². The van der Waals surface area contributed by atoms with E-state index in [-0.39, 0.29) is 6.61 Å². The molecule has 0 heterocycles. The molecule has 0 unspecified atom stereocenters. The molecule has 76 valence electrons. The van der Waals surface area contributed by atoms with Gasteiger partial charge in [0.2, 0.25) is 0 Å². The topological polar surface area (TPSA) is 47.6 Å². The van der Waals surface area contributed by atoms with Gasteiger partial charge in [0, 0.05) is 18.1 Å². The van der Waals surface area contributed by atoms with Crippen molar-refractivity contribution in [2.75, 3.05) is 13.7 Å². The predicted molar refractivity (Wildman–Crippen MR) is 59.5 cm³/mol. The Bertz CT molecular complexity index is 353. The van der Waals surface area contributed by atoms with Crippen molar-refractivity contribution in [1.82, 2.24) is 0 Å². The molecule has 1 aromatic rings. The van der Waals surface area contributed by atoms with Crippen molar-refractivity contribution in [2.45, 2.75) is 0 Å². The van der Waals surface area contributed by atoms with E-state index in [2.05, 4.69) is 4.99 Å². The molecule has 0 fully saturated rings. The monoisotopic (exact) mass is 232 g/mol. The number of rotatable bonds is 3. The Morgan fingerprint density at radius 3 is 2.86 bits per heavy atom. The molecule has 5 heteroatoms. The maximum absolute atomic E-state index is 5.86. The zero-order valence-electron chi connectivity index (χ0n) is 7.63. The number of halogens is 2. The summed E-state index contributed by atoms with van der Waals surface area (Å²) < 4.78 is 5.30. The van der Waals surface area contributed by atoms with Crippen LogP contribution in [0.3, 0.4) is 0 Å². The quantitative estimate of drug-likeness (QED) is 0.643. The zero-order valence-corrected chi connectivity index (χ0v) is 9.14. The van der Waals surface area contributed by atoms with Gasteiger partial charge in [-0.15, -0.1) is 0 Å². The molecule has 0 amide bonds. The summed E-state index contributed by atoms with van der Waals surface area (Å²) in [6.45, 7) is 0.205. The normalized spacial score (nSPS) is 11.5. The van der Waals surface area contributed by atoms with E-state index < -0.39 is 0 Å².